The van der Waals surface area contributed by atoms with E-state index in [-0.39, 0.29) is 114 Å². The van der Waals surface area contributed by atoms with Crippen molar-refractivity contribution >= 4 is 82.1 Å². The normalized spacial score (nSPS) is 14.7. The maximum atomic E-state index is 13.7. The van der Waals surface area contributed by atoms with Crippen LogP contribution in [0.1, 0.15) is 74.7 Å². The molecule has 4 aromatic rings. The lowest BCUT2D eigenvalue weighted by molar-refractivity contribution is -0.139. The van der Waals surface area contributed by atoms with Crippen molar-refractivity contribution in [1.29, 1.82) is 0 Å². The number of likely N-dealkylation sites (tertiary alicyclic amines) is 2. The number of hydrogen-bond donors (Lipinski definition) is 7. The number of nitrogens with two attached hydrogens (primary N) is 1. The smallest absolute Gasteiger partial charge is 0.410 e. The Kier molecular flexibility index (Phi) is 22.9. The molecule has 3 aliphatic rings. The van der Waals surface area contributed by atoms with Crippen LogP contribution in [-0.2, 0) is 49.5 Å². The molecule has 0 bridgehead atoms. The number of para-hydroxylation sites is 1. The molecule has 1 aliphatic carbocycles. The Morgan fingerprint density at radius 1 is 0.793 bits per heavy atom. The highest BCUT2D eigenvalue weighted by Crippen LogP contribution is 2.40. The van der Waals surface area contributed by atoms with E-state index in [1.165, 1.54) is 11.1 Å². The molecule has 2 aliphatic heterocycles. The Bertz CT molecular complexity index is 2940. The first kappa shape index (κ1) is 61.4. The molecular formula is C57H70ClN11O13. The van der Waals surface area contributed by atoms with Crippen LogP contribution in [0.25, 0.3) is 5.69 Å². The fourth-order valence-electron chi connectivity index (χ4n) is 9.14. The van der Waals surface area contributed by atoms with Crippen LogP contribution in [-0.4, -0.2) is 151 Å². The van der Waals surface area contributed by atoms with E-state index in [1.807, 2.05) is 0 Å². The quantitative estimate of drug-likeness (QED) is 0.0240. The molecular weight excluding hydrogens is 1080 g/mol. The zero-order valence-electron chi connectivity index (χ0n) is 45.9. The van der Waals surface area contributed by atoms with Crippen LogP contribution in [0.5, 0.6) is 0 Å². The van der Waals surface area contributed by atoms with Crippen LogP contribution in [0, 0.1) is 17.8 Å². The summed E-state index contributed by atoms with van der Waals surface area (Å²) in [6.45, 7) is 6.56. The van der Waals surface area contributed by atoms with Gasteiger partial charge in [0.1, 0.15) is 6.61 Å². The second-order valence-electron chi connectivity index (χ2n) is 20.2. The number of imide groups is 1. The number of carbonyl (C=O) groups is 9. The largest absolute Gasteiger partial charge is 0.445 e. The standard InChI is InChI=1S/C57H70ClN11O13/c1-36(2)50(66-49(71)18-23-79-25-27-81-28-26-80-24-22-68-53(74)44-31-45(44)54(68)75)48(70)30-40(8-6-19-60-55(59)76)52(73)63-41-14-12-38(13-15-41)35-82-57(78)67-20-16-37(17-21-67)32-61-51(72)39-7-5-9-43(29-39)69-34-42(33-62-69)64-56(77)65-47-11-4-3-10-46(47)58/h3-5,7,9-15,29,33-34,36-37,40,50H,6,8,16-28,30-32,35H2,1-2H3,(H,61,72)(H,63,73)(H,66,71)(H3,59,60,76)(H2,64,65,77)/t40-,50+/m1/s1. The number of carbonyl (C=O) groups excluding carboxylic acids is 9. The van der Waals surface area contributed by atoms with E-state index < -0.39 is 41.9 Å². The summed E-state index contributed by atoms with van der Waals surface area (Å²) in [5, 5.41) is 21.3. The van der Waals surface area contributed by atoms with Crippen LogP contribution in [0.3, 0.4) is 0 Å². The predicted octanol–water partition coefficient (Wildman–Crippen LogP) is 5.56. The summed E-state index contributed by atoms with van der Waals surface area (Å²) >= 11 is 6.14. The zero-order valence-corrected chi connectivity index (χ0v) is 46.6. The first-order chi connectivity index (χ1) is 39.5. The van der Waals surface area contributed by atoms with Gasteiger partial charge in [0.25, 0.3) is 17.7 Å². The van der Waals surface area contributed by atoms with E-state index in [2.05, 4.69) is 37.0 Å². The number of anilines is 3. The maximum Gasteiger partial charge on any atom is 0.410 e. The number of ketones is 1. The topological polar surface area (TPSA) is 313 Å². The van der Waals surface area contributed by atoms with Gasteiger partial charge in [0.15, 0.2) is 5.78 Å². The molecule has 1 fully saturated rings. The molecule has 1 saturated heterocycles. The summed E-state index contributed by atoms with van der Waals surface area (Å²) in [6, 6.07) is 18.5. The number of halogens is 1. The summed E-state index contributed by atoms with van der Waals surface area (Å²) in [7, 11) is 0. The van der Waals surface area contributed by atoms with Gasteiger partial charge in [-0.3, -0.25) is 33.7 Å². The molecule has 0 saturated carbocycles. The first-order valence-corrected chi connectivity index (χ1v) is 27.6. The lowest BCUT2D eigenvalue weighted by Gasteiger charge is -2.31. The van der Waals surface area contributed by atoms with Crippen molar-refractivity contribution in [1.82, 2.24) is 35.5 Å². The highest BCUT2D eigenvalue weighted by molar-refractivity contribution is 6.33. The number of benzene rings is 3. The van der Waals surface area contributed by atoms with Crippen molar-refractivity contribution in [2.24, 2.45) is 23.5 Å². The van der Waals surface area contributed by atoms with Crippen LogP contribution < -0.4 is 37.6 Å². The molecule has 2 atom stereocenters. The number of rotatable bonds is 31. The van der Waals surface area contributed by atoms with Gasteiger partial charge in [0.05, 0.1) is 86.7 Å². The van der Waals surface area contributed by atoms with Crippen molar-refractivity contribution in [2.45, 2.75) is 71.4 Å². The molecule has 10 amide bonds. The summed E-state index contributed by atoms with van der Waals surface area (Å²) < 4.78 is 23.7. The molecule has 82 heavy (non-hydrogen) atoms. The highest BCUT2D eigenvalue weighted by Gasteiger charge is 2.46. The minimum absolute atomic E-state index is 0.0149. The number of urea groups is 2. The second kappa shape index (κ2) is 30.6. The number of aromatic nitrogens is 2. The van der Waals surface area contributed by atoms with Gasteiger partial charge in [-0.15, -0.1) is 0 Å². The van der Waals surface area contributed by atoms with E-state index in [1.54, 1.807) is 102 Å². The Labute approximate surface area is 479 Å². The molecule has 438 valence electrons. The highest BCUT2D eigenvalue weighted by atomic mass is 35.5. The number of hydrogen-bond acceptors (Lipinski definition) is 14. The molecule has 0 radical (unpaired) electrons. The molecule has 3 aromatic carbocycles. The third-order valence-electron chi connectivity index (χ3n) is 13.8. The van der Waals surface area contributed by atoms with Crippen molar-refractivity contribution in [3.05, 3.63) is 112 Å². The number of Topliss-reactive ketones (excluding diaryl/α,β-unsaturated/α-hetero) is 1. The molecule has 8 N–H and O–H groups in total. The van der Waals surface area contributed by atoms with Crippen LogP contribution >= 0.6 is 11.6 Å². The maximum absolute atomic E-state index is 13.7. The first-order valence-electron chi connectivity index (χ1n) is 27.3. The number of nitrogens with zero attached hydrogens (tertiary/aromatic N) is 4. The second-order valence-corrected chi connectivity index (χ2v) is 20.6. The number of amides is 10. The molecule has 3 heterocycles. The minimum Gasteiger partial charge on any atom is -0.445 e. The third-order valence-corrected chi connectivity index (χ3v) is 14.1. The molecule has 7 rings (SSSR count). The fraction of sp³-hybridized carbons (Fsp3) is 0.439. The van der Waals surface area contributed by atoms with Gasteiger partial charge < -0.3 is 61.5 Å². The average molecular weight is 1150 g/mol. The lowest BCUT2D eigenvalue weighted by atomic mass is 9.89. The van der Waals surface area contributed by atoms with Gasteiger partial charge in [-0.25, -0.2) is 19.1 Å². The van der Waals surface area contributed by atoms with E-state index in [0.717, 1.165) is 0 Å². The lowest BCUT2D eigenvalue weighted by Crippen LogP contribution is -2.45. The number of primary amides is 1. The molecule has 24 nitrogen and oxygen atoms in total. The number of nitrogens with one attached hydrogen (secondary N) is 6. The number of ether oxygens (including phenoxy) is 4. The summed E-state index contributed by atoms with van der Waals surface area (Å²) in [4.78, 5) is 117. The summed E-state index contributed by atoms with van der Waals surface area (Å²) in [6.07, 6.45) is 4.83. The van der Waals surface area contributed by atoms with E-state index in [0.29, 0.717) is 95.4 Å². The predicted molar refractivity (Wildman–Crippen MR) is 302 cm³/mol. The van der Waals surface area contributed by atoms with E-state index >= 15 is 0 Å². The van der Waals surface area contributed by atoms with Crippen LogP contribution in [0.4, 0.5) is 31.4 Å². The SMILES string of the molecule is CC(C)[C@H](NC(=O)CCOCCOCCOCCN1C(=O)C2=C(C2)C1=O)C(=O)C[C@@H](CCCNC(N)=O)C(=O)Nc1ccc(COC(=O)N2CCC(CNC(=O)c3cccc(-n4cc(NC(=O)Nc5ccccc5Cl)cn4)c3)CC2)cc1. The molecule has 0 spiro atoms. The van der Waals surface area contributed by atoms with Crippen molar-refractivity contribution in [2.75, 3.05) is 88.3 Å². The molecule has 1 aromatic heterocycles. The van der Waals surface area contributed by atoms with E-state index in [9.17, 15) is 43.2 Å². The Morgan fingerprint density at radius 2 is 1.49 bits per heavy atom. The van der Waals surface area contributed by atoms with Gasteiger partial charge in [-0.1, -0.05) is 55.8 Å². The average Bonchev–Trinajstić information content (AvgIpc) is 4.23. The Balaban J connectivity index is 0.773. The van der Waals surface area contributed by atoms with Gasteiger partial charge in [0.2, 0.25) is 11.8 Å². The third kappa shape index (κ3) is 18.7. The Morgan fingerprint density at radius 3 is 2.18 bits per heavy atom. The van der Waals surface area contributed by atoms with Crippen molar-refractivity contribution < 1.29 is 62.1 Å². The minimum atomic E-state index is -0.878. The zero-order chi connectivity index (χ0) is 58.5. The van der Waals surface area contributed by atoms with Crippen molar-refractivity contribution in [3.63, 3.8) is 0 Å². The molecule has 25 heteroatoms. The fourth-order valence-corrected chi connectivity index (χ4v) is 9.32. The van der Waals surface area contributed by atoms with Crippen LogP contribution in [0.2, 0.25) is 5.02 Å². The summed E-state index contributed by atoms with van der Waals surface area (Å²) in [5.41, 5.74) is 9.50. The van der Waals surface area contributed by atoms with Gasteiger partial charge in [-0.2, -0.15) is 5.10 Å². The Hall–Kier alpha value is -8.19. The van der Waals surface area contributed by atoms with E-state index in [4.69, 9.17) is 36.3 Å². The van der Waals surface area contributed by atoms with Crippen molar-refractivity contribution in [3.8, 4) is 5.69 Å². The van der Waals surface area contributed by atoms with Gasteiger partial charge in [0, 0.05) is 73.8 Å². The van der Waals surface area contributed by atoms with Gasteiger partial charge in [-0.05, 0) is 85.5 Å². The van der Waals surface area contributed by atoms with Crippen LogP contribution in [0.15, 0.2) is 96.3 Å². The number of piperidine rings is 2. The summed E-state index contributed by atoms with van der Waals surface area (Å²) in [5.74, 6) is -2.86. The monoisotopic (exact) mass is 1150 g/mol. The molecule has 0 unspecified atom stereocenters. The van der Waals surface area contributed by atoms with Gasteiger partial charge >= 0.3 is 18.2 Å².